The molecule has 1 saturated carbocycles. The minimum absolute atomic E-state index is 0.561. The molecular weight excluding hydrogens is 124 g/mol. The monoisotopic (exact) mass is 140 g/mol. The summed E-state index contributed by atoms with van der Waals surface area (Å²) in [5, 5.41) is 3.41. The first-order valence-corrected chi connectivity index (χ1v) is 4.22. The summed E-state index contributed by atoms with van der Waals surface area (Å²) in [6, 6.07) is 0. The Bertz CT molecular complexity index is 146. The summed E-state index contributed by atoms with van der Waals surface area (Å²) in [6.45, 7) is 5.63. The van der Waals surface area contributed by atoms with Crippen molar-refractivity contribution < 1.29 is 0 Å². The average Bonchev–Trinajstić information content (AvgIpc) is 2.60. The van der Waals surface area contributed by atoms with Crippen molar-refractivity contribution >= 4 is 0 Å². The van der Waals surface area contributed by atoms with Gasteiger partial charge in [0, 0.05) is 0 Å². The summed E-state index contributed by atoms with van der Waals surface area (Å²) in [6.07, 6.45) is 1.30. The van der Waals surface area contributed by atoms with E-state index in [-0.39, 0.29) is 0 Å². The van der Waals surface area contributed by atoms with Crippen LogP contribution in [0.5, 0.6) is 0 Å². The summed E-state index contributed by atoms with van der Waals surface area (Å²) < 4.78 is 0. The molecule has 10 heavy (non-hydrogen) atoms. The average molecular weight is 140 g/mol. The van der Waals surface area contributed by atoms with Gasteiger partial charge in [-0.1, -0.05) is 6.92 Å². The van der Waals surface area contributed by atoms with Crippen LogP contribution in [-0.4, -0.2) is 19.6 Å². The van der Waals surface area contributed by atoms with Crippen LogP contribution in [0.2, 0.25) is 0 Å². The fourth-order valence-corrected chi connectivity index (χ4v) is 2.61. The highest BCUT2D eigenvalue weighted by Crippen LogP contribution is 2.60. The molecule has 1 aliphatic carbocycles. The van der Waals surface area contributed by atoms with Gasteiger partial charge in [-0.25, -0.2) is 0 Å². The maximum atomic E-state index is 5.74. The van der Waals surface area contributed by atoms with Crippen molar-refractivity contribution in [3.63, 3.8) is 0 Å². The van der Waals surface area contributed by atoms with Gasteiger partial charge in [-0.3, -0.25) is 0 Å². The Hall–Kier alpha value is -0.0800. The lowest BCUT2D eigenvalue weighted by molar-refractivity contribution is 0.354. The van der Waals surface area contributed by atoms with E-state index in [0.717, 1.165) is 18.4 Å². The first-order chi connectivity index (χ1) is 4.81. The van der Waals surface area contributed by atoms with E-state index >= 15 is 0 Å². The Morgan fingerprint density at radius 1 is 1.70 bits per heavy atom. The minimum Gasteiger partial charge on any atom is -0.330 e. The normalized spacial score (nSPS) is 52.2. The van der Waals surface area contributed by atoms with Crippen molar-refractivity contribution in [3.05, 3.63) is 0 Å². The molecule has 0 amide bonds. The van der Waals surface area contributed by atoms with Gasteiger partial charge in [-0.05, 0) is 43.3 Å². The van der Waals surface area contributed by atoms with Crippen LogP contribution in [0.1, 0.15) is 13.3 Å². The predicted octanol–water partition coefficient (Wildman–Crippen LogP) is 0.191. The number of nitrogens with one attached hydrogen (secondary N) is 1. The molecule has 0 spiro atoms. The van der Waals surface area contributed by atoms with E-state index in [1.54, 1.807) is 0 Å². The molecule has 0 aromatic rings. The summed E-state index contributed by atoms with van der Waals surface area (Å²) in [5.41, 5.74) is 6.30. The van der Waals surface area contributed by atoms with E-state index in [4.69, 9.17) is 5.73 Å². The second-order valence-corrected chi connectivity index (χ2v) is 3.79. The Labute approximate surface area is 62.2 Å². The number of nitrogens with two attached hydrogens (primary N) is 1. The Morgan fingerprint density at radius 2 is 2.50 bits per heavy atom. The predicted molar refractivity (Wildman–Crippen MR) is 41.6 cm³/mol. The number of fused-ring (bicyclic) bond motifs is 1. The highest BCUT2D eigenvalue weighted by atomic mass is 14.9. The molecule has 2 aliphatic rings. The summed E-state index contributed by atoms with van der Waals surface area (Å²) in [5.74, 6) is 1.78. The van der Waals surface area contributed by atoms with E-state index in [1.807, 2.05) is 0 Å². The maximum Gasteiger partial charge on any atom is -0.00118 e. The first-order valence-electron chi connectivity index (χ1n) is 4.22. The van der Waals surface area contributed by atoms with Crippen molar-refractivity contribution in [1.29, 1.82) is 0 Å². The van der Waals surface area contributed by atoms with Crippen molar-refractivity contribution in [2.24, 2.45) is 23.0 Å². The molecule has 2 nitrogen and oxygen atoms in total. The van der Waals surface area contributed by atoms with Crippen LogP contribution in [0, 0.1) is 17.3 Å². The zero-order valence-electron chi connectivity index (χ0n) is 6.56. The molecule has 2 heteroatoms. The Morgan fingerprint density at radius 3 is 3.00 bits per heavy atom. The van der Waals surface area contributed by atoms with E-state index in [2.05, 4.69) is 12.2 Å². The standard InChI is InChI=1S/C8H16N2/c1-6-7-4-10-3-2-8(6,7)5-9/h6-7,10H,2-5,9H2,1H3/t6?,7-,8-/m1/s1. The highest BCUT2D eigenvalue weighted by Gasteiger charge is 2.60. The quantitative estimate of drug-likeness (QED) is 0.545. The number of hydrogen-bond acceptors (Lipinski definition) is 2. The zero-order valence-corrected chi connectivity index (χ0v) is 6.56. The summed E-state index contributed by atoms with van der Waals surface area (Å²) >= 11 is 0. The first kappa shape index (κ1) is 6.62. The van der Waals surface area contributed by atoms with Gasteiger partial charge >= 0.3 is 0 Å². The zero-order chi connectivity index (χ0) is 7.19. The SMILES string of the molecule is CC1[C@H]2CNCC[C@@]12CN. The van der Waals surface area contributed by atoms with Gasteiger partial charge in [0.25, 0.3) is 0 Å². The Balaban J connectivity index is 2.09. The van der Waals surface area contributed by atoms with E-state index in [0.29, 0.717) is 5.41 Å². The maximum absolute atomic E-state index is 5.74. The number of piperidine rings is 1. The van der Waals surface area contributed by atoms with Crippen molar-refractivity contribution in [2.75, 3.05) is 19.6 Å². The van der Waals surface area contributed by atoms with Crippen LogP contribution in [0.25, 0.3) is 0 Å². The highest BCUT2D eigenvalue weighted by molar-refractivity contribution is 5.11. The molecule has 0 aromatic heterocycles. The van der Waals surface area contributed by atoms with E-state index in [1.165, 1.54) is 19.5 Å². The van der Waals surface area contributed by atoms with Gasteiger partial charge in [0.05, 0.1) is 0 Å². The van der Waals surface area contributed by atoms with Crippen LogP contribution >= 0.6 is 0 Å². The van der Waals surface area contributed by atoms with Crippen LogP contribution in [0.4, 0.5) is 0 Å². The van der Waals surface area contributed by atoms with Crippen molar-refractivity contribution in [3.8, 4) is 0 Å². The topological polar surface area (TPSA) is 38.0 Å². The van der Waals surface area contributed by atoms with Gasteiger partial charge < -0.3 is 11.1 Å². The molecule has 2 fully saturated rings. The molecule has 0 bridgehead atoms. The van der Waals surface area contributed by atoms with Crippen LogP contribution in [0.3, 0.4) is 0 Å². The van der Waals surface area contributed by atoms with Gasteiger partial charge in [-0.15, -0.1) is 0 Å². The second-order valence-electron chi connectivity index (χ2n) is 3.79. The van der Waals surface area contributed by atoms with E-state index in [9.17, 15) is 0 Å². The minimum atomic E-state index is 0.561. The lowest BCUT2D eigenvalue weighted by Gasteiger charge is -2.20. The Kier molecular flexibility index (Phi) is 1.29. The molecule has 1 aliphatic heterocycles. The summed E-state index contributed by atoms with van der Waals surface area (Å²) in [4.78, 5) is 0. The molecule has 1 saturated heterocycles. The van der Waals surface area contributed by atoms with Crippen molar-refractivity contribution in [1.82, 2.24) is 5.32 Å². The lowest BCUT2D eigenvalue weighted by Crippen LogP contribution is -2.33. The second kappa shape index (κ2) is 1.95. The third kappa shape index (κ3) is 0.611. The molecule has 0 radical (unpaired) electrons. The molecule has 58 valence electrons. The van der Waals surface area contributed by atoms with Crippen molar-refractivity contribution in [2.45, 2.75) is 13.3 Å². The largest absolute Gasteiger partial charge is 0.330 e. The third-order valence-electron chi connectivity index (χ3n) is 3.65. The molecule has 3 atom stereocenters. The number of rotatable bonds is 1. The molecule has 0 aromatic carbocycles. The van der Waals surface area contributed by atoms with Gasteiger partial charge in [0.2, 0.25) is 0 Å². The lowest BCUT2D eigenvalue weighted by atomic mass is 9.95. The van der Waals surface area contributed by atoms with Crippen LogP contribution in [-0.2, 0) is 0 Å². The van der Waals surface area contributed by atoms with Gasteiger partial charge in [-0.2, -0.15) is 0 Å². The molecule has 3 N–H and O–H groups in total. The van der Waals surface area contributed by atoms with Crippen LogP contribution in [0.15, 0.2) is 0 Å². The smallest absolute Gasteiger partial charge is 0.00118 e. The van der Waals surface area contributed by atoms with Crippen LogP contribution < -0.4 is 11.1 Å². The molecule has 2 rings (SSSR count). The molecule has 1 unspecified atom stereocenters. The number of hydrogen-bond donors (Lipinski definition) is 2. The third-order valence-corrected chi connectivity index (χ3v) is 3.65. The van der Waals surface area contributed by atoms with E-state index < -0.39 is 0 Å². The summed E-state index contributed by atoms with van der Waals surface area (Å²) in [7, 11) is 0. The fourth-order valence-electron chi connectivity index (χ4n) is 2.61. The van der Waals surface area contributed by atoms with Gasteiger partial charge in [0.15, 0.2) is 0 Å². The molecule has 1 heterocycles. The fraction of sp³-hybridized carbons (Fsp3) is 1.00. The van der Waals surface area contributed by atoms with Gasteiger partial charge in [0.1, 0.15) is 0 Å². The molecular formula is C8H16N2.